The van der Waals surface area contributed by atoms with E-state index in [1.54, 1.807) is 0 Å². The molecule has 0 radical (unpaired) electrons. The molecule has 1 saturated heterocycles. The maximum absolute atomic E-state index is 13.1. The Morgan fingerprint density at radius 2 is 1.54 bits per heavy atom. The number of hydrogen-bond acceptors (Lipinski definition) is 7. The molecular weight excluding hydrogens is 470 g/mol. The Morgan fingerprint density at radius 3 is 1.94 bits per heavy atom. The fourth-order valence-electron chi connectivity index (χ4n) is 3.36. The molecule has 0 aromatic rings. The van der Waals surface area contributed by atoms with Crippen LogP contribution in [0, 0.1) is 11.8 Å². The van der Waals surface area contributed by atoms with Crippen molar-refractivity contribution in [3.63, 3.8) is 0 Å². The molecule has 198 valence electrons. The zero-order valence-electron chi connectivity index (χ0n) is 21.8. The highest BCUT2D eigenvalue weighted by atomic mass is 28.4. The normalized spacial score (nSPS) is 18.5. The fourth-order valence-corrected chi connectivity index (χ4v) is 4.79. The van der Waals surface area contributed by atoms with Crippen molar-refractivity contribution in [1.29, 1.82) is 0 Å². The van der Waals surface area contributed by atoms with Crippen LogP contribution in [0.1, 0.15) is 34.1 Å². The van der Waals surface area contributed by atoms with Gasteiger partial charge in [-0.3, -0.25) is 9.59 Å². The zero-order valence-corrected chi connectivity index (χ0v) is 22.8. The van der Waals surface area contributed by atoms with Crippen LogP contribution in [0.5, 0.6) is 0 Å². The third-order valence-corrected chi connectivity index (χ3v) is 11.0. The summed E-state index contributed by atoms with van der Waals surface area (Å²) in [6.07, 6.45) is 1.13. The molecule has 3 N–H and O–H groups in total. The molecule has 35 heavy (non-hydrogen) atoms. The van der Waals surface area contributed by atoms with E-state index in [0.29, 0.717) is 0 Å². The van der Waals surface area contributed by atoms with E-state index in [0.717, 1.165) is 0 Å². The Labute approximate surface area is 209 Å². The fraction of sp³-hybridized carbons (Fsp3) is 0.667. The molecule has 0 saturated carbocycles. The molecular formula is C24H41N3O7Si. The van der Waals surface area contributed by atoms with Crippen molar-refractivity contribution in [2.45, 2.75) is 64.4 Å². The van der Waals surface area contributed by atoms with Gasteiger partial charge in [0.25, 0.3) is 0 Å². The van der Waals surface area contributed by atoms with Gasteiger partial charge in [0.1, 0.15) is 19.0 Å². The van der Waals surface area contributed by atoms with Crippen molar-refractivity contribution in [2.24, 2.45) is 11.8 Å². The van der Waals surface area contributed by atoms with Crippen molar-refractivity contribution in [3.05, 3.63) is 25.3 Å². The SMILES string of the molecule is C=CCOC(=O)NCC(CNC(=O)OCC=C)C(=O)C[C@H]1NC(=O)[C@@H]1[C@@H](C)O[Si](C)(C)C(C)(C)C. The van der Waals surface area contributed by atoms with Gasteiger partial charge in [-0.15, -0.1) is 0 Å². The monoisotopic (exact) mass is 511 g/mol. The number of nitrogens with one attached hydrogen (secondary N) is 3. The molecule has 0 aromatic carbocycles. The summed E-state index contributed by atoms with van der Waals surface area (Å²) in [5.41, 5.74) is 0. The number of amides is 3. The van der Waals surface area contributed by atoms with Gasteiger partial charge in [-0.2, -0.15) is 0 Å². The zero-order chi connectivity index (χ0) is 26.8. The second kappa shape index (κ2) is 13.4. The van der Waals surface area contributed by atoms with Gasteiger partial charge in [-0.05, 0) is 25.1 Å². The smallest absolute Gasteiger partial charge is 0.407 e. The van der Waals surface area contributed by atoms with Crippen LogP contribution >= 0.6 is 0 Å². The summed E-state index contributed by atoms with van der Waals surface area (Å²) >= 11 is 0. The van der Waals surface area contributed by atoms with E-state index in [-0.39, 0.29) is 55.6 Å². The summed E-state index contributed by atoms with van der Waals surface area (Å²) in [7, 11) is -2.11. The number of alkyl carbamates (subject to hydrolysis) is 2. The number of rotatable bonds is 14. The third-order valence-electron chi connectivity index (χ3n) is 6.38. The molecule has 1 fully saturated rings. The van der Waals surface area contributed by atoms with E-state index in [2.05, 4.69) is 63.0 Å². The Morgan fingerprint density at radius 1 is 1.06 bits per heavy atom. The highest BCUT2D eigenvalue weighted by Gasteiger charge is 2.48. The van der Waals surface area contributed by atoms with Crippen LogP contribution in [0.2, 0.25) is 18.1 Å². The molecule has 1 heterocycles. The maximum Gasteiger partial charge on any atom is 0.407 e. The van der Waals surface area contributed by atoms with Crippen molar-refractivity contribution >= 4 is 32.2 Å². The molecule has 3 amide bonds. The molecule has 0 aliphatic carbocycles. The number of carbonyl (C=O) groups excluding carboxylic acids is 4. The lowest BCUT2D eigenvalue weighted by Crippen LogP contribution is -2.64. The van der Waals surface area contributed by atoms with Gasteiger partial charge in [-0.25, -0.2) is 9.59 Å². The summed E-state index contributed by atoms with van der Waals surface area (Å²) in [5.74, 6) is -1.59. The summed E-state index contributed by atoms with van der Waals surface area (Å²) in [4.78, 5) is 49.1. The second-order valence-corrected chi connectivity index (χ2v) is 14.9. The van der Waals surface area contributed by atoms with E-state index < -0.39 is 38.4 Å². The molecule has 0 unspecified atom stereocenters. The first-order valence-corrected chi connectivity index (χ1v) is 14.7. The van der Waals surface area contributed by atoms with Gasteiger partial charge in [0, 0.05) is 25.6 Å². The van der Waals surface area contributed by atoms with E-state index in [1.165, 1.54) is 12.2 Å². The first-order chi connectivity index (χ1) is 16.2. The summed E-state index contributed by atoms with van der Waals surface area (Å²) < 4.78 is 16.1. The van der Waals surface area contributed by atoms with Crippen LogP contribution in [0.4, 0.5) is 9.59 Å². The van der Waals surface area contributed by atoms with Crippen LogP contribution in [-0.4, -0.2) is 70.6 Å². The lowest BCUT2D eigenvalue weighted by atomic mass is 9.81. The number of ketones is 1. The Bertz CT molecular complexity index is 766. The molecule has 0 bridgehead atoms. The minimum absolute atomic E-state index is 0.0182. The van der Waals surface area contributed by atoms with E-state index >= 15 is 0 Å². The van der Waals surface area contributed by atoms with Crippen molar-refractivity contribution in [2.75, 3.05) is 26.3 Å². The van der Waals surface area contributed by atoms with E-state index in [4.69, 9.17) is 13.9 Å². The van der Waals surface area contributed by atoms with Crippen molar-refractivity contribution in [3.8, 4) is 0 Å². The lowest BCUT2D eigenvalue weighted by Gasteiger charge is -2.45. The van der Waals surface area contributed by atoms with Gasteiger partial charge in [0.15, 0.2) is 8.32 Å². The molecule has 1 aliphatic heterocycles. The third kappa shape index (κ3) is 9.48. The molecule has 1 aliphatic rings. The van der Waals surface area contributed by atoms with Gasteiger partial charge in [0.05, 0.1) is 17.9 Å². The van der Waals surface area contributed by atoms with E-state index in [1.807, 2.05) is 6.92 Å². The predicted octanol–water partition coefficient (Wildman–Crippen LogP) is 2.91. The van der Waals surface area contributed by atoms with Gasteiger partial charge in [-0.1, -0.05) is 46.1 Å². The first-order valence-electron chi connectivity index (χ1n) is 11.8. The highest BCUT2D eigenvalue weighted by molar-refractivity contribution is 6.74. The molecule has 10 nitrogen and oxygen atoms in total. The van der Waals surface area contributed by atoms with Gasteiger partial charge in [0.2, 0.25) is 5.91 Å². The summed E-state index contributed by atoms with van der Waals surface area (Å²) in [5, 5.41) is 7.82. The predicted molar refractivity (Wildman–Crippen MR) is 135 cm³/mol. The highest BCUT2D eigenvalue weighted by Crippen LogP contribution is 2.39. The van der Waals surface area contributed by atoms with Crippen LogP contribution in [-0.2, 0) is 23.5 Å². The standard InChI is InChI=1S/C24H41N3O7Si/c1-9-11-32-22(30)25-14-17(15-26-23(31)33-12-10-2)19(28)13-18-20(21(29)27-18)16(3)34-35(7,8)24(4,5)6/h9-10,16-18,20H,1-2,11-15H2,3-8H3,(H,25,30)(H,26,31)(H,27,29)/t16-,18-,20-/m1/s1. The minimum atomic E-state index is -2.11. The molecule has 3 atom stereocenters. The topological polar surface area (TPSA) is 132 Å². The first kappa shape index (κ1) is 30.4. The summed E-state index contributed by atoms with van der Waals surface area (Å²) in [6.45, 7) is 19.3. The van der Waals surface area contributed by atoms with Crippen LogP contribution in [0.25, 0.3) is 0 Å². The quantitative estimate of drug-likeness (QED) is 0.186. The van der Waals surface area contributed by atoms with Gasteiger partial charge >= 0.3 is 12.2 Å². The molecule has 11 heteroatoms. The van der Waals surface area contributed by atoms with Crippen molar-refractivity contribution < 1.29 is 33.1 Å². The maximum atomic E-state index is 13.1. The Kier molecular flexibility index (Phi) is 11.7. The van der Waals surface area contributed by atoms with Crippen molar-refractivity contribution in [1.82, 2.24) is 16.0 Å². The van der Waals surface area contributed by atoms with Crippen LogP contribution in [0.15, 0.2) is 25.3 Å². The summed E-state index contributed by atoms with van der Waals surface area (Å²) in [6, 6.07) is -0.391. The number of ether oxygens (including phenoxy) is 2. The Hall–Kier alpha value is -2.66. The largest absolute Gasteiger partial charge is 0.445 e. The Balaban J connectivity index is 2.82. The number of β-lactam (4-membered cyclic amide) rings is 1. The number of Topliss-reactive ketones (excluding diaryl/α,β-unsaturated/α-hetero) is 1. The average Bonchev–Trinajstić information content (AvgIpc) is 2.74. The molecule has 0 aromatic heterocycles. The minimum Gasteiger partial charge on any atom is -0.445 e. The molecule has 1 rings (SSSR count). The number of hydrogen-bond donors (Lipinski definition) is 3. The second-order valence-electron chi connectivity index (χ2n) is 10.1. The van der Waals surface area contributed by atoms with Crippen LogP contribution in [0.3, 0.4) is 0 Å². The number of carbonyl (C=O) groups is 4. The lowest BCUT2D eigenvalue weighted by molar-refractivity contribution is -0.141. The van der Waals surface area contributed by atoms with E-state index in [9.17, 15) is 19.2 Å². The molecule has 0 spiro atoms. The van der Waals surface area contributed by atoms with Gasteiger partial charge < -0.3 is 29.9 Å². The van der Waals surface area contributed by atoms with Crippen LogP contribution < -0.4 is 16.0 Å². The average molecular weight is 512 g/mol.